The summed E-state index contributed by atoms with van der Waals surface area (Å²) in [6.07, 6.45) is 1.67. The van der Waals surface area contributed by atoms with E-state index in [0.29, 0.717) is 0 Å². The first-order valence-corrected chi connectivity index (χ1v) is 5.29. The van der Waals surface area contributed by atoms with E-state index in [0.717, 1.165) is 5.03 Å². The van der Waals surface area contributed by atoms with E-state index in [1.807, 2.05) is 32.0 Å². The van der Waals surface area contributed by atoms with Gasteiger partial charge < -0.3 is 5.11 Å². The van der Waals surface area contributed by atoms with Gasteiger partial charge in [0, 0.05) is 6.20 Å². The summed E-state index contributed by atoms with van der Waals surface area (Å²) >= 11 is 1.29. The quantitative estimate of drug-likeness (QED) is 0.776. The average Bonchev–Trinajstić information content (AvgIpc) is 2.15. The van der Waals surface area contributed by atoms with Crippen LogP contribution in [0.3, 0.4) is 0 Å². The Bertz CT molecular complexity index is 300. The summed E-state index contributed by atoms with van der Waals surface area (Å²) in [5.41, 5.74) is 0. The molecule has 1 atom stereocenters. The highest BCUT2D eigenvalue weighted by Gasteiger charge is 2.22. The molecule has 1 aromatic rings. The summed E-state index contributed by atoms with van der Waals surface area (Å²) < 4.78 is 0. The van der Waals surface area contributed by atoms with E-state index in [1.165, 1.54) is 11.8 Å². The van der Waals surface area contributed by atoms with Gasteiger partial charge >= 0.3 is 5.97 Å². The van der Waals surface area contributed by atoms with Crippen LogP contribution in [0.4, 0.5) is 0 Å². The average molecular weight is 211 g/mol. The van der Waals surface area contributed by atoms with Crippen LogP contribution >= 0.6 is 11.8 Å². The summed E-state index contributed by atoms with van der Waals surface area (Å²) in [6.45, 7) is 3.80. The third-order valence-electron chi connectivity index (χ3n) is 1.73. The fourth-order valence-electron chi connectivity index (χ4n) is 1.02. The molecule has 76 valence electrons. The number of aromatic nitrogens is 1. The Morgan fingerprint density at radius 3 is 2.64 bits per heavy atom. The largest absolute Gasteiger partial charge is 0.480 e. The highest BCUT2D eigenvalue weighted by Crippen LogP contribution is 2.26. The number of carbonyl (C=O) groups is 1. The van der Waals surface area contributed by atoms with Gasteiger partial charge in [0.2, 0.25) is 0 Å². The first-order valence-electron chi connectivity index (χ1n) is 4.41. The maximum Gasteiger partial charge on any atom is 0.317 e. The molecule has 1 N–H and O–H groups in total. The Morgan fingerprint density at radius 2 is 2.21 bits per heavy atom. The van der Waals surface area contributed by atoms with Gasteiger partial charge in [0.25, 0.3) is 0 Å². The molecule has 1 heterocycles. The smallest absolute Gasteiger partial charge is 0.317 e. The lowest BCUT2D eigenvalue weighted by atomic mass is 10.1. The van der Waals surface area contributed by atoms with Crippen molar-refractivity contribution in [2.24, 2.45) is 5.92 Å². The lowest BCUT2D eigenvalue weighted by Crippen LogP contribution is -2.22. The maximum absolute atomic E-state index is 10.9. The van der Waals surface area contributed by atoms with Gasteiger partial charge in [-0.3, -0.25) is 4.79 Å². The molecule has 0 saturated carbocycles. The second kappa shape index (κ2) is 5.00. The first-order chi connectivity index (χ1) is 6.61. The normalized spacial score (nSPS) is 12.8. The van der Waals surface area contributed by atoms with Crippen LogP contribution in [0.1, 0.15) is 13.8 Å². The monoisotopic (exact) mass is 211 g/mol. The second-order valence-corrected chi connectivity index (χ2v) is 4.45. The molecule has 0 aromatic carbocycles. The summed E-state index contributed by atoms with van der Waals surface area (Å²) in [5, 5.41) is 9.29. The number of carboxylic acid groups (broad SMARTS) is 1. The molecular formula is C10H13NO2S. The molecule has 1 rings (SSSR count). The van der Waals surface area contributed by atoms with Crippen molar-refractivity contribution in [3.05, 3.63) is 24.4 Å². The summed E-state index contributed by atoms with van der Waals surface area (Å²) in [7, 11) is 0. The molecule has 14 heavy (non-hydrogen) atoms. The third-order valence-corrected chi connectivity index (χ3v) is 3.22. The van der Waals surface area contributed by atoms with Crippen LogP contribution in [0.15, 0.2) is 29.4 Å². The number of hydrogen-bond donors (Lipinski definition) is 1. The highest BCUT2D eigenvalue weighted by atomic mass is 32.2. The van der Waals surface area contributed by atoms with E-state index in [1.54, 1.807) is 6.20 Å². The van der Waals surface area contributed by atoms with Crippen molar-refractivity contribution in [2.75, 3.05) is 0 Å². The van der Waals surface area contributed by atoms with Gasteiger partial charge in [-0.15, -0.1) is 0 Å². The van der Waals surface area contributed by atoms with Crippen molar-refractivity contribution in [3.63, 3.8) is 0 Å². The first kappa shape index (κ1) is 11.0. The van der Waals surface area contributed by atoms with E-state index in [4.69, 9.17) is 5.11 Å². The molecule has 0 spiro atoms. The molecule has 3 nitrogen and oxygen atoms in total. The minimum atomic E-state index is -0.782. The van der Waals surface area contributed by atoms with Crippen LogP contribution in [0, 0.1) is 5.92 Å². The molecule has 0 radical (unpaired) electrons. The molecular weight excluding hydrogens is 198 g/mol. The van der Waals surface area contributed by atoms with Crippen LogP contribution < -0.4 is 0 Å². The van der Waals surface area contributed by atoms with Crippen molar-refractivity contribution < 1.29 is 9.90 Å². The Kier molecular flexibility index (Phi) is 3.95. The molecule has 0 saturated heterocycles. The number of aliphatic carboxylic acids is 1. The van der Waals surface area contributed by atoms with Gasteiger partial charge in [-0.1, -0.05) is 31.7 Å². The third kappa shape index (κ3) is 3.03. The maximum atomic E-state index is 10.9. The Morgan fingerprint density at radius 1 is 1.50 bits per heavy atom. The molecule has 1 aromatic heterocycles. The number of nitrogens with zero attached hydrogens (tertiary/aromatic N) is 1. The molecule has 0 fully saturated rings. The van der Waals surface area contributed by atoms with Crippen molar-refractivity contribution in [1.82, 2.24) is 4.98 Å². The van der Waals surface area contributed by atoms with Crippen LogP contribution in [0.5, 0.6) is 0 Å². The minimum Gasteiger partial charge on any atom is -0.480 e. The zero-order valence-corrected chi connectivity index (χ0v) is 8.99. The second-order valence-electron chi connectivity index (χ2n) is 3.29. The van der Waals surface area contributed by atoms with E-state index in [9.17, 15) is 4.79 Å². The fourth-order valence-corrected chi connectivity index (χ4v) is 1.93. The Hall–Kier alpha value is -1.03. The lowest BCUT2D eigenvalue weighted by Gasteiger charge is -2.14. The Labute approximate surface area is 87.6 Å². The predicted octanol–water partition coefficient (Wildman–Crippen LogP) is 2.28. The van der Waals surface area contributed by atoms with Crippen molar-refractivity contribution in [1.29, 1.82) is 0 Å². The fraction of sp³-hybridized carbons (Fsp3) is 0.400. The van der Waals surface area contributed by atoms with Crippen LogP contribution in [-0.2, 0) is 4.79 Å². The van der Waals surface area contributed by atoms with Gasteiger partial charge in [0.05, 0.1) is 5.03 Å². The molecule has 0 aliphatic rings. The minimum absolute atomic E-state index is 0.0968. The van der Waals surface area contributed by atoms with Gasteiger partial charge in [-0.05, 0) is 18.1 Å². The number of carboxylic acids is 1. The number of hydrogen-bond acceptors (Lipinski definition) is 3. The van der Waals surface area contributed by atoms with E-state index >= 15 is 0 Å². The van der Waals surface area contributed by atoms with Gasteiger partial charge in [-0.2, -0.15) is 0 Å². The zero-order chi connectivity index (χ0) is 10.6. The van der Waals surface area contributed by atoms with Crippen LogP contribution in [0.25, 0.3) is 0 Å². The predicted molar refractivity (Wildman–Crippen MR) is 56.4 cm³/mol. The zero-order valence-electron chi connectivity index (χ0n) is 8.18. The number of rotatable bonds is 4. The standard InChI is InChI=1S/C10H13NO2S/c1-7(2)9(10(12)13)14-8-5-3-4-6-11-8/h3-7,9H,1-2H3,(H,12,13)/t9-/m1/s1. The molecule has 0 aliphatic carbocycles. The molecule has 0 unspecified atom stereocenters. The number of thioether (sulfide) groups is 1. The van der Waals surface area contributed by atoms with Crippen molar-refractivity contribution >= 4 is 17.7 Å². The van der Waals surface area contributed by atoms with Crippen molar-refractivity contribution in [2.45, 2.75) is 24.1 Å². The lowest BCUT2D eigenvalue weighted by molar-refractivity contribution is -0.137. The topological polar surface area (TPSA) is 50.2 Å². The summed E-state index contributed by atoms with van der Waals surface area (Å²) in [6, 6.07) is 5.49. The van der Waals surface area contributed by atoms with Crippen molar-refractivity contribution in [3.8, 4) is 0 Å². The Balaban J connectivity index is 2.70. The van der Waals surface area contributed by atoms with Gasteiger partial charge in [-0.25, -0.2) is 4.98 Å². The van der Waals surface area contributed by atoms with Crippen LogP contribution in [-0.4, -0.2) is 21.3 Å². The summed E-state index contributed by atoms with van der Waals surface area (Å²) in [5.74, 6) is -0.685. The van der Waals surface area contributed by atoms with E-state index < -0.39 is 11.2 Å². The summed E-state index contributed by atoms with van der Waals surface area (Å²) in [4.78, 5) is 15.0. The van der Waals surface area contributed by atoms with Crippen LogP contribution in [0.2, 0.25) is 0 Å². The highest BCUT2D eigenvalue weighted by molar-refractivity contribution is 8.00. The SMILES string of the molecule is CC(C)[C@@H](Sc1ccccn1)C(=O)O. The van der Waals surface area contributed by atoms with Gasteiger partial charge in [0.15, 0.2) is 0 Å². The molecule has 0 amide bonds. The molecule has 4 heteroatoms. The number of pyridine rings is 1. The van der Waals surface area contributed by atoms with E-state index in [-0.39, 0.29) is 5.92 Å². The van der Waals surface area contributed by atoms with E-state index in [2.05, 4.69) is 4.98 Å². The molecule has 0 aliphatic heterocycles. The van der Waals surface area contributed by atoms with Gasteiger partial charge in [0.1, 0.15) is 5.25 Å². The molecule has 0 bridgehead atoms.